The van der Waals surface area contributed by atoms with Gasteiger partial charge in [-0.15, -0.1) is 0 Å². The van der Waals surface area contributed by atoms with Crippen molar-refractivity contribution < 1.29 is 4.74 Å². The van der Waals surface area contributed by atoms with E-state index in [0.29, 0.717) is 11.3 Å². The van der Waals surface area contributed by atoms with Gasteiger partial charge in [0.05, 0.1) is 21.2 Å². The lowest BCUT2D eigenvalue weighted by Crippen LogP contribution is -2.26. The van der Waals surface area contributed by atoms with Crippen LogP contribution in [-0.2, 0) is 4.74 Å². The van der Waals surface area contributed by atoms with E-state index in [4.69, 9.17) is 10.00 Å². The quantitative estimate of drug-likeness (QED) is 0.662. The van der Waals surface area contributed by atoms with Crippen molar-refractivity contribution in [3.63, 3.8) is 0 Å². The van der Waals surface area contributed by atoms with Crippen LogP contribution in [0.2, 0.25) is 0 Å². The highest BCUT2D eigenvalue weighted by Gasteiger charge is 2.04. The first-order valence-electron chi connectivity index (χ1n) is 8.42. The van der Waals surface area contributed by atoms with Crippen molar-refractivity contribution in [3.05, 3.63) is 78.4 Å². The van der Waals surface area contributed by atoms with Crippen LogP contribution in [0.15, 0.2) is 72.8 Å². The molecule has 0 aromatic heterocycles. The molecule has 1 atom stereocenters. The molecular formula is C22H21NOSi. The van der Waals surface area contributed by atoms with E-state index >= 15 is 0 Å². The second kappa shape index (κ2) is 7.93. The summed E-state index contributed by atoms with van der Waals surface area (Å²) >= 11 is 0. The summed E-state index contributed by atoms with van der Waals surface area (Å²) in [6.07, 6.45) is 0. The van der Waals surface area contributed by atoms with Crippen LogP contribution in [0.1, 0.15) is 12.5 Å². The summed E-state index contributed by atoms with van der Waals surface area (Å²) in [5.41, 5.74) is 5.79. The minimum absolute atomic E-state index is 0.373. The second-order valence-electron chi connectivity index (χ2n) is 6.21. The van der Waals surface area contributed by atoms with Crippen molar-refractivity contribution in [1.82, 2.24) is 0 Å². The zero-order valence-corrected chi connectivity index (χ0v) is 16.0. The Balaban J connectivity index is 1.76. The summed E-state index contributed by atoms with van der Waals surface area (Å²) in [5.74, 6) is 0. The summed E-state index contributed by atoms with van der Waals surface area (Å²) < 4.78 is 5.38. The van der Waals surface area contributed by atoms with Crippen molar-refractivity contribution in [2.45, 2.75) is 12.7 Å². The fraction of sp³-hybridized carbons (Fsp3) is 0.136. The highest BCUT2D eigenvalue weighted by molar-refractivity contribution is 6.54. The van der Waals surface area contributed by atoms with E-state index in [-0.39, 0.29) is 9.52 Å². The standard InChI is InChI=1S/C22H21NOSi/c1-16(24-2)25-22-13-11-21(12-14-22)20-9-7-19(8-10-20)18-5-3-17(15-23)4-6-18/h3-14,16H,25H2,1-2H3. The average molecular weight is 344 g/mol. The van der Waals surface area contributed by atoms with Gasteiger partial charge in [-0.25, -0.2) is 0 Å². The van der Waals surface area contributed by atoms with Gasteiger partial charge in [0.25, 0.3) is 0 Å². The molecule has 124 valence electrons. The second-order valence-corrected chi connectivity index (χ2v) is 8.59. The Kier molecular flexibility index (Phi) is 5.45. The van der Waals surface area contributed by atoms with Gasteiger partial charge in [-0.1, -0.05) is 65.9 Å². The van der Waals surface area contributed by atoms with E-state index in [1.807, 2.05) is 24.3 Å². The molecular weight excluding hydrogens is 322 g/mol. The Hall–Kier alpha value is -2.67. The Bertz CT molecular complexity index is 862. The molecule has 3 aromatic carbocycles. The fourth-order valence-electron chi connectivity index (χ4n) is 2.84. The van der Waals surface area contributed by atoms with Crippen molar-refractivity contribution in [1.29, 1.82) is 5.26 Å². The normalized spacial score (nSPS) is 12.2. The minimum Gasteiger partial charge on any atom is -0.385 e. The van der Waals surface area contributed by atoms with Crippen molar-refractivity contribution in [3.8, 4) is 28.3 Å². The number of hydrogen-bond acceptors (Lipinski definition) is 2. The van der Waals surface area contributed by atoms with E-state index < -0.39 is 0 Å². The summed E-state index contributed by atoms with van der Waals surface area (Å²) in [6, 6.07) is 27.3. The van der Waals surface area contributed by atoms with Crippen LogP contribution >= 0.6 is 0 Å². The van der Waals surface area contributed by atoms with Crippen LogP contribution in [0, 0.1) is 11.3 Å². The van der Waals surface area contributed by atoms with Gasteiger partial charge in [-0.05, 0) is 41.3 Å². The van der Waals surface area contributed by atoms with E-state index in [2.05, 4.69) is 61.5 Å². The zero-order valence-electron chi connectivity index (χ0n) is 14.6. The first-order chi connectivity index (χ1) is 12.2. The number of benzene rings is 3. The third-order valence-electron chi connectivity index (χ3n) is 4.45. The molecule has 0 heterocycles. The Morgan fingerprint density at radius 1 is 0.760 bits per heavy atom. The van der Waals surface area contributed by atoms with Crippen molar-refractivity contribution >= 4 is 14.7 Å². The molecule has 25 heavy (non-hydrogen) atoms. The third-order valence-corrected chi connectivity index (χ3v) is 6.30. The molecule has 0 saturated heterocycles. The maximum atomic E-state index is 8.89. The van der Waals surface area contributed by atoms with Crippen molar-refractivity contribution in [2.24, 2.45) is 0 Å². The Morgan fingerprint density at radius 3 is 1.56 bits per heavy atom. The van der Waals surface area contributed by atoms with Crippen LogP contribution in [0.3, 0.4) is 0 Å². The fourth-order valence-corrected chi connectivity index (χ4v) is 4.18. The highest BCUT2D eigenvalue weighted by atomic mass is 28.2. The van der Waals surface area contributed by atoms with Gasteiger partial charge >= 0.3 is 0 Å². The summed E-state index contributed by atoms with van der Waals surface area (Å²) in [6.45, 7) is 2.14. The van der Waals surface area contributed by atoms with Gasteiger partial charge < -0.3 is 4.74 Å². The van der Waals surface area contributed by atoms with Crippen molar-refractivity contribution in [2.75, 3.05) is 7.11 Å². The van der Waals surface area contributed by atoms with E-state index in [0.717, 1.165) is 11.1 Å². The average Bonchev–Trinajstić information content (AvgIpc) is 2.69. The maximum absolute atomic E-state index is 8.89. The lowest BCUT2D eigenvalue weighted by Gasteiger charge is -2.09. The van der Waals surface area contributed by atoms with Gasteiger partial charge in [0.1, 0.15) is 0 Å². The Labute approximate surface area is 151 Å². The molecule has 0 saturated carbocycles. The molecule has 2 nitrogen and oxygen atoms in total. The molecule has 0 aliphatic carbocycles. The molecule has 1 unspecified atom stereocenters. The summed E-state index contributed by atoms with van der Waals surface area (Å²) in [4.78, 5) is 0. The number of hydrogen-bond donors (Lipinski definition) is 0. The van der Waals surface area contributed by atoms with E-state index in [1.54, 1.807) is 7.11 Å². The van der Waals surface area contributed by atoms with E-state index in [1.165, 1.54) is 16.3 Å². The topological polar surface area (TPSA) is 33.0 Å². The third kappa shape index (κ3) is 4.24. The van der Waals surface area contributed by atoms with Crippen LogP contribution in [0.4, 0.5) is 0 Å². The van der Waals surface area contributed by atoms with Crippen LogP contribution in [-0.4, -0.2) is 22.4 Å². The molecule has 0 fully saturated rings. The van der Waals surface area contributed by atoms with Gasteiger partial charge in [0, 0.05) is 12.8 Å². The van der Waals surface area contributed by atoms with E-state index in [9.17, 15) is 0 Å². The number of rotatable bonds is 5. The number of methoxy groups -OCH3 is 1. The molecule has 0 spiro atoms. The molecule has 0 amide bonds. The molecule has 0 N–H and O–H groups in total. The first-order valence-corrected chi connectivity index (χ1v) is 9.94. The number of nitriles is 1. The molecule has 0 aliphatic rings. The van der Waals surface area contributed by atoms with Gasteiger partial charge in [-0.2, -0.15) is 5.26 Å². The molecule has 3 heteroatoms. The summed E-state index contributed by atoms with van der Waals surface area (Å²) in [5, 5.41) is 10.3. The first kappa shape index (κ1) is 17.2. The predicted molar refractivity (Wildman–Crippen MR) is 107 cm³/mol. The minimum atomic E-state index is -0.375. The lowest BCUT2D eigenvalue weighted by molar-refractivity contribution is 0.180. The maximum Gasteiger partial charge on any atom is 0.0991 e. The zero-order chi connectivity index (χ0) is 17.6. The highest BCUT2D eigenvalue weighted by Crippen LogP contribution is 2.24. The predicted octanol–water partition coefficient (Wildman–Crippen LogP) is 3.68. The number of nitrogens with zero attached hydrogens (tertiary/aromatic N) is 1. The van der Waals surface area contributed by atoms with Gasteiger partial charge in [0.2, 0.25) is 0 Å². The molecule has 3 rings (SSSR count). The van der Waals surface area contributed by atoms with Gasteiger partial charge in [0.15, 0.2) is 0 Å². The van der Waals surface area contributed by atoms with Crippen LogP contribution in [0.5, 0.6) is 0 Å². The molecule has 0 aliphatic heterocycles. The monoisotopic (exact) mass is 343 g/mol. The van der Waals surface area contributed by atoms with Gasteiger partial charge in [-0.3, -0.25) is 0 Å². The molecule has 0 bridgehead atoms. The smallest absolute Gasteiger partial charge is 0.0991 e. The number of ether oxygens (including phenoxy) is 1. The SMILES string of the molecule is COC(C)[SiH2]c1ccc(-c2ccc(-c3ccc(C#N)cc3)cc2)cc1. The Morgan fingerprint density at radius 2 is 1.16 bits per heavy atom. The molecule has 3 aromatic rings. The van der Waals surface area contributed by atoms with Crippen LogP contribution < -0.4 is 5.19 Å². The largest absolute Gasteiger partial charge is 0.385 e. The molecule has 0 radical (unpaired) electrons. The summed E-state index contributed by atoms with van der Waals surface area (Å²) in [7, 11) is 1.40. The van der Waals surface area contributed by atoms with Crippen LogP contribution in [0.25, 0.3) is 22.3 Å². The lowest BCUT2D eigenvalue weighted by atomic mass is 10.00.